The fraction of sp³-hybridized carbons (Fsp3) is 0.278. The summed E-state index contributed by atoms with van der Waals surface area (Å²) in [5.74, 6) is -1.30. The third-order valence-electron chi connectivity index (χ3n) is 3.41. The van der Waals surface area contributed by atoms with Gasteiger partial charge in [-0.1, -0.05) is 17.7 Å². The molecule has 132 valence electrons. The second-order valence-electron chi connectivity index (χ2n) is 5.65. The third kappa shape index (κ3) is 5.72. The number of hydrogen-bond donors (Lipinski definition) is 1. The Morgan fingerprint density at radius 2 is 1.76 bits per heavy atom. The summed E-state index contributed by atoms with van der Waals surface area (Å²) in [6, 6.07) is 10.8. The molecule has 0 spiro atoms. The molecule has 0 aliphatic rings. The summed E-state index contributed by atoms with van der Waals surface area (Å²) in [6.07, 6.45) is 0. The lowest BCUT2D eigenvalue weighted by atomic mass is 10.2. The van der Waals surface area contributed by atoms with Gasteiger partial charge < -0.3 is 15.0 Å². The van der Waals surface area contributed by atoms with E-state index in [0.29, 0.717) is 10.6 Å². The molecule has 1 aromatic carbocycles. The van der Waals surface area contributed by atoms with E-state index in [1.807, 2.05) is 32.0 Å². The number of anilines is 1. The largest absolute Gasteiger partial charge is 0.451 e. The zero-order chi connectivity index (χ0) is 18.4. The van der Waals surface area contributed by atoms with Crippen molar-refractivity contribution in [3.63, 3.8) is 0 Å². The number of amides is 2. The number of nitrogens with zero attached hydrogens (tertiary/aromatic N) is 1. The average molecular weight is 360 g/mol. The lowest BCUT2D eigenvalue weighted by Crippen LogP contribution is -2.37. The van der Waals surface area contributed by atoms with E-state index in [1.165, 1.54) is 23.3 Å². The van der Waals surface area contributed by atoms with Crippen molar-refractivity contribution in [2.24, 2.45) is 0 Å². The van der Waals surface area contributed by atoms with E-state index >= 15 is 0 Å². The van der Waals surface area contributed by atoms with Crippen LogP contribution in [0.2, 0.25) is 0 Å². The summed E-state index contributed by atoms with van der Waals surface area (Å²) < 4.78 is 4.99. The number of thiophene rings is 1. The topological polar surface area (TPSA) is 75.7 Å². The normalized spacial score (nSPS) is 10.2. The molecule has 0 bridgehead atoms. The fourth-order valence-electron chi connectivity index (χ4n) is 1.99. The summed E-state index contributed by atoms with van der Waals surface area (Å²) in [5.41, 5.74) is 1.75. The number of rotatable bonds is 6. The minimum Gasteiger partial charge on any atom is -0.451 e. The van der Waals surface area contributed by atoms with Crippen LogP contribution >= 0.6 is 11.3 Å². The predicted molar refractivity (Wildman–Crippen MR) is 96.8 cm³/mol. The van der Waals surface area contributed by atoms with Crippen LogP contribution in [0.1, 0.15) is 20.1 Å². The lowest BCUT2D eigenvalue weighted by Gasteiger charge is -2.16. The molecule has 0 atom stereocenters. The molecular weight excluding hydrogens is 340 g/mol. The second kappa shape index (κ2) is 8.43. The van der Waals surface area contributed by atoms with Gasteiger partial charge in [0.15, 0.2) is 6.61 Å². The Hall–Kier alpha value is -2.67. The average Bonchev–Trinajstić information content (AvgIpc) is 3.00. The van der Waals surface area contributed by atoms with Crippen molar-refractivity contribution in [3.8, 4) is 0 Å². The van der Waals surface area contributed by atoms with Crippen LogP contribution < -0.4 is 5.32 Å². The molecule has 0 saturated heterocycles. The van der Waals surface area contributed by atoms with Crippen molar-refractivity contribution < 1.29 is 19.1 Å². The zero-order valence-corrected chi connectivity index (χ0v) is 15.2. The van der Waals surface area contributed by atoms with Gasteiger partial charge in [-0.05, 0) is 38.1 Å². The van der Waals surface area contributed by atoms with Crippen molar-refractivity contribution in [1.29, 1.82) is 0 Å². The number of hydrogen-bond acceptors (Lipinski definition) is 5. The number of ether oxygens (including phenoxy) is 1. The zero-order valence-electron chi connectivity index (χ0n) is 14.4. The van der Waals surface area contributed by atoms with Gasteiger partial charge in [0.2, 0.25) is 5.91 Å². The van der Waals surface area contributed by atoms with E-state index in [0.717, 1.165) is 10.4 Å². The Labute approximate surface area is 150 Å². The van der Waals surface area contributed by atoms with Crippen molar-refractivity contribution in [2.45, 2.75) is 13.8 Å². The number of nitrogens with one attached hydrogen (secondary N) is 1. The summed E-state index contributed by atoms with van der Waals surface area (Å²) in [6.45, 7) is 3.32. The standard InChI is InChI=1S/C18H20N2O4S/c1-12-4-7-14(8-5-12)19-16(21)10-20(3)17(22)11-24-18(23)15-9-6-13(2)25-15/h4-9H,10-11H2,1-3H3,(H,19,21). The Morgan fingerprint density at radius 3 is 2.36 bits per heavy atom. The highest BCUT2D eigenvalue weighted by molar-refractivity contribution is 7.13. The molecule has 0 radical (unpaired) electrons. The molecule has 1 aromatic heterocycles. The summed E-state index contributed by atoms with van der Waals surface area (Å²) >= 11 is 1.31. The van der Waals surface area contributed by atoms with Crippen LogP contribution in [-0.2, 0) is 14.3 Å². The molecule has 2 rings (SSSR count). The van der Waals surface area contributed by atoms with E-state index in [2.05, 4.69) is 5.32 Å². The van der Waals surface area contributed by atoms with Crippen molar-refractivity contribution in [2.75, 3.05) is 25.5 Å². The SMILES string of the molecule is Cc1ccc(NC(=O)CN(C)C(=O)COC(=O)c2ccc(C)s2)cc1. The first-order valence-corrected chi connectivity index (χ1v) is 8.51. The third-order valence-corrected chi connectivity index (χ3v) is 4.39. The molecule has 6 nitrogen and oxygen atoms in total. The molecule has 2 amide bonds. The number of carbonyl (C=O) groups is 3. The minimum atomic E-state index is -0.538. The number of carbonyl (C=O) groups excluding carboxylic acids is 3. The van der Waals surface area contributed by atoms with Crippen LogP contribution in [0.25, 0.3) is 0 Å². The maximum absolute atomic E-state index is 12.0. The van der Waals surface area contributed by atoms with E-state index in [1.54, 1.807) is 18.2 Å². The van der Waals surface area contributed by atoms with Crippen LogP contribution in [-0.4, -0.2) is 42.9 Å². The highest BCUT2D eigenvalue weighted by atomic mass is 32.1. The van der Waals surface area contributed by atoms with Gasteiger partial charge in [0.1, 0.15) is 4.88 Å². The fourth-order valence-corrected chi connectivity index (χ4v) is 2.76. The number of aryl methyl sites for hydroxylation is 2. The first-order chi connectivity index (χ1) is 11.8. The smallest absolute Gasteiger partial charge is 0.348 e. The molecule has 2 aromatic rings. The Kier molecular flexibility index (Phi) is 6.30. The highest BCUT2D eigenvalue weighted by Crippen LogP contribution is 2.16. The van der Waals surface area contributed by atoms with Gasteiger partial charge in [0.05, 0.1) is 6.54 Å². The maximum atomic E-state index is 12.0. The molecule has 1 N–H and O–H groups in total. The molecule has 0 unspecified atom stereocenters. The molecular formula is C18H20N2O4S. The van der Waals surface area contributed by atoms with Crippen molar-refractivity contribution in [1.82, 2.24) is 4.90 Å². The van der Waals surface area contributed by atoms with Gasteiger partial charge in [-0.25, -0.2) is 4.79 Å². The molecule has 0 aliphatic carbocycles. The molecule has 1 heterocycles. The number of benzene rings is 1. The van der Waals surface area contributed by atoms with Crippen LogP contribution in [0, 0.1) is 13.8 Å². The van der Waals surface area contributed by atoms with Gasteiger partial charge in [-0.3, -0.25) is 9.59 Å². The summed E-state index contributed by atoms with van der Waals surface area (Å²) in [4.78, 5) is 38.4. The van der Waals surface area contributed by atoms with E-state index in [-0.39, 0.29) is 12.5 Å². The molecule has 0 fully saturated rings. The summed E-state index contributed by atoms with van der Waals surface area (Å²) in [5, 5.41) is 2.71. The van der Waals surface area contributed by atoms with Crippen LogP contribution in [0.4, 0.5) is 5.69 Å². The maximum Gasteiger partial charge on any atom is 0.348 e. The number of esters is 1. The van der Waals surface area contributed by atoms with Crippen LogP contribution in [0.3, 0.4) is 0 Å². The second-order valence-corrected chi connectivity index (χ2v) is 6.94. The van der Waals surface area contributed by atoms with Crippen LogP contribution in [0.5, 0.6) is 0 Å². The van der Waals surface area contributed by atoms with Crippen molar-refractivity contribution >= 4 is 34.8 Å². The Morgan fingerprint density at radius 1 is 1.08 bits per heavy atom. The van der Waals surface area contributed by atoms with Gasteiger partial charge in [-0.2, -0.15) is 0 Å². The minimum absolute atomic E-state index is 0.123. The summed E-state index contributed by atoms with van der Waals surface area (Å²) in [7, 11) is 1.49. The van der Waals surface area contributed by atoms with E-state index in [4.69, 9.17) is 4.74 Å². The molecule has 25 heavy (non-hydrogen) atoms. The first-order valence-electron chi connectivity index (χ1n) is 7.69. The van der Waals surface area contributed by atoms with Gasteiger partial charge in [0, 0.05) is 17.6 Å². The Bertz CT molecular complexity index is 768. The molecule has 0 aliphatic heterocycles. The molecule has 0 saturated carbocycles. The van der Waals surface area contributed by atoms with Gasteiger partial charge in [-0.15, -0.1) is 11.3 Å². The predicted octanol–water partition coefficient (Wildman–Crippen LogP) is 2.62. The first kappa shape index (κ1) is 18.7. The monoisotopic (exact) mass is 360 g/mol. The molecule has 7 heteroatoms. The van der Waals surface area contributed by atoms with E-state index < -0.39 is 18.5 Å². The van der Waals surface area contributed by atoms with E-state index in [9.17, 15) is 14.4 Å². The van der Waals surface area contributed by atoms with Gasteiger partial charge >= 0.3 is 5.97 Å². The van der Waals surface area contributed by atoms with Crippen LogP contribution in [0.15, 0.2) is 36.4 Å². The highest BCUT2D eigenvalue weighted by Gasteiger charge is 2.16. The van der Waals surface area contributed by atoms with Gasteiger partial charge in [0.25, 0.3) is 5.91 Å². The van der Waals surface area contributed by atoms with Crippen molar-refractivity contribution in [3.05, 3.63) is 51.7 Å². The number of likely N-dealkylation sites (N-methyl/N-ethyl adjacent to an activating group) is 1. The quantitative estimate of drug-likeness (QED) is 0.804. The Balaban J connectivity index is 1.78. The lowest BCUT2D eigenvalue weighted by molar-refractivity contribution is -0.136.